The quantitative estimate of drug-likeness (QED) is 0.891. The highest BCUT2D eigenvalue weighted by Crippen LogP contribution is 2.36. The molecule has 0 atom stereocenters. The fraction of sp³-hybridized carbons (Fsp3) is 0.400. The maximum Gasteiger partial charge on any atom is 0.133 e. The van der Waals surface area contributed by atoms with Crippen LogP contribution in [0.15, 0.2) is 22.7 Å². The van der Waals surface area contributed by atoms with E-state index >= 15 is 0 Å². The van der Waals surface area contributed by atoms with E-state index in [1.807, 2.05) is 18.2 Å². The van der Waals surface area contributed by atoms with Crippen molar-refractivity contribution in [2.24, 2.45) is 5.73 Å². The van der Waals surface area contributed by atoms with Crippen LogP contribution in [-0.4, -0.2) is 12.1 Å². The van der Waals surface area contributed by atoms with Crippen molar-refractivity contribution in [2.75, 3.05) is 7.11 Å². The van der Waals surface area contributed by atoms with Gasteiger partial charge < -0.3 is 10.5 Å². The lowest BCUT2D eigenvalue weighted by molar-refractivity contribution is 0.412. The van der Waals surface area contributed by atoms with E-state index in [0.29, 0.717) is 6.54 Å². The molecule has 0 saturated heterocycles. The lowest BCUT2D eigenvalue weighted by atomic mass is 9.91. The van der Waals surface area contributed by atoms with Crippen LogP contribution >= 0.6 is 27.3 Å². The van der Waals surface area contributed by atoms with Gasteiger partial charge in [0.1, 0.15) is 10.8 Å². The summed E-state index contributed by atoms with van der Waals surface area (Å²) >= 11 is 5.18. The Morgan fingerprint density at radius 1 is 1.35 bits per heavy atom. The van der Waals surface area contributed by atoms with E-state index in [4.69, 9.17) is 15.5 Å². The van der Waals surface area contributed by atoms with E-state index < -0.39 is 0 Å². The van der Waals surface area contributed by atoms with Crippen LogP contribution in [0.3, 0.4) is 0 Å². The van der Waals surface area contributed by atoms with Gasteiger partial charge in [0.25, 0.3) is 0 Å². The number of rotatable bonds is 3. The lowest BCUT2D eigenvalue weighted by Gasteiger charge is -2.16. The molecule has 108 valence electrons. The van der Waals surface area contributed by atoms with Crippen molar-refractivity contribution < 1.29 is 4.74 Å². The fourth-order valence-corrected chi connectivity index (χ4v) is 3.69. The summed E-state index contributed by atoms with van der Waals surface area (Å²) in [6.45, 7) is 7.01. The molecule has 0 amide bonds. The van der Waals surface area contributed by atoms with Gasteiger partial charge in [0, 0.05) is 22.4 Å². The van der Waals surface area contributed by atoms with Gasteiger partial charge in [-0.15, -0.1) is 11.3 Å². The van der Waals surface area contributed by atoms with Gasteiger partial charge in [-0.25, -0.2) is 4.98 Å². The fourth-order valence-electron chi connectivity index (χ4n) is 2.00. The molecule has 0 aliphatic heterocycles. The maximum absolute atomic E-state index is 5.86. The molecule has 20 heavy (non-hydrogen) atoms. The van der Waals surface area contributed by atoms with Crippen molar-refractivity contribution in [3.8, 4) is 16.3 Å². The largest absolute Gasteiger partial charge is 0.496 e. The van der Waals surface area contributed by atoms with E-state index in [-0.39, 0.29) is 5.41 Å². The number of nitrogens with zero attached hydrogens (tertiary/aromatic N) is 1. The predicted octanol–water partition coefficient (Wildman–Crippen LogP) is 4.34. The summed E-state index contributed by atoms with van der Waals surface area (Å²) in [4.78, 5) is 5.95. The molecule has 0 aliphatic rings. The van der Waals surface area contributed by atoms with Gasteiger partial charge >= 0.3 is 0 Å². The monoisotopic (exact) mass is 354 g/mol. The van der Waals surface area contributed by atoms with E-state index in [9.17, 15) is 0 Å². The highest BCUT2D eigenvalue weighted by molar-refractivity contribution is 9.10. The summed E-state index contributed by atoms with van der Waals surface area (Å²) < 4.78 is 6.19. The average molecular weight is 355 g/mol. The van der Waals surface area contributed by atoms with Crippen molar-refractivity contribution in [2.45, 2.75) is 32.7 Å². The van der Waals surface area contributed by atoms with E-state index in [1.54, 1.807) is 18.4 Å². The van der Waals surface area contributed by atoms with Crippen LogP contribution in [0.5, 0.6) is 5.75 Å². The first kappa shape index (κ1) is 15.5. The molecule has 0 radical (unpaired) electrons. The second-order valence-electron chi connectivity index (χ2n) is 5.59. The van der Waals surface area contributed by atoms with Crippen molar-refractivity contribution in [1.82, 2.24) is 4.98 Å². The van der Waals surface area contributed by atoms with Crippen LogP contribution in [-0.2, 0) is 12.0 Å². The van der Waals surface area contributed by atoms with E-state index in [2.05, 4.69) is 36.7 Å². The smallest absolute Gasteiger partial charge is 0.133 e. The molecule has 0 saturated carbocycles. The first-order valence-electron chi connectivity index (χ1n) is 6.41. The molecule has 5 heteroatoms. The van der Waals surface area contributed by atoms with Crippen LogP contribution in [0.2, 0.25) is 0 Å². The van der Waals surface area contributed by atoms with Crippen molar-refractivity contribution >= 4 is 27.3 Å². The Balaban J connectivity index is 2.48. The molecule has 1 heterocycles. The zero-order valence-electron chi connectivity index (χ0n) is 12.2. The Morgan fingerprint density at radius 3 is 2.50 bits per heavy atom. The van der Waals surface area contributed by atoms with Crippen molar-refractivity contribution in [3.63, 3.8) is 0 Å². The van der Waals surface area contributed by atoms with Crippen LogP contribution in [0.4, 0.5) is 0 Å². The van der Waals surface area contributed by atoms with Crippen LogP contribution in [0, 0.1) is 0 Å². The third kappa shape index (κ3) is 3.05. The van der Waals surface area contributed by atoms with Crippen LogP contribution in [0.1, 0.15) is 31.3 Å². The summed E-state index contributed by atoms with van der Waals surface area (Å²) in [5, 5.41) is 0.999. The molecular weight excluding hydrogens is 336 g/mol. The number of thiazole rings is 1. The number of hydrogen-bond acceptors (Lipinski definition) is 4. The normalized spacial score (nSPS) is 11.7. The molecule has 3 nitrogen and oxygen atoms in total. The molecule has 0 aliphatic carbocycles. The van der Waals surface area contributed by atoms with Gasteiger partial charge in [0.2, 0.25) is 0 Å². The van der Waals surface area contributed by atoms with Gasteiger partial charge in [-0.1, -0.05) is 20.8 Å². The standard InChI is InChI=1S/C15H19BrN2OS/c1-15(2,3)13-12(8-17)20-14(18-13)9-5-6-11(19-4)10(16)7-9/h5-7H,8,17H2,1-4H3. The lowest BCUT2D eigenvalue weighted by Crippen LogP contribution is -2.15. The maximum atomic E-state index is 5.86. The topological polar surface area (TPSA) is 48.1 Å². The molecule has 0 spiro atoms. The molecule has 0 unspecified atom stereocenters. The summed E-state index contributed by atoms with van der Waals surface area (Å²) in [7, 11) is 1.66. The van der Waals surface area contributed by atoms with Crippen LogP contribution in [0.25, 0.3) is 10.6 Å². The number of methoxy groups -OCH3 is 1. The highest BCUT2D eigenvalue weighted by atomic mass is 79.9. The van der Waals surface area contributed by atoms with Gasteiger partial charge in [0.15, 0.2) is 0 Å². The van der Waals surface area contributed by atoms with E-state index in [1.165, 1.54) is 0 Å². The number of nitrogens with two attached hydrogens (primary N) is 1. The third-order valence-electron chi connectivity index (χ3n) is 2.99. The van der Waals surface area contributed by atoms with Gasteiger partial charge in [-0.2, -0.15) is 0 Å². The minimum absolute atomic E-state index is 0.00710. The molecule has 1 aromatic heterocycles. The van der Waals surface area contributed by atoms with Gasteiger partial charge in [-0.05, 0) is 34.1 Å². The molecule has 1 aromatic carbocycles. The second-order valence-corrected chi connectivity index (χ2v) is 7.53. The SMILES string of the molecule is COc1ccc(-c2nc(C(C)(C)C)c(CN)s2)cc1Br. The van der Waals surface area contributed by atoms with Crippen molar-refractivity contribution in [3.05, 3.63) is 33.2 Å². The zero-order valence-corrected chi connectivity index (χ0v) is 14.6. The zero-order chi connectivity index (χ0) is 14.9. The Hall–Kier alpha value is -0.910. The second kappa shape index (κ2) is 5.84. The third-order valence-corrected chi connectivity index (χ3v) is 4.74. The minimum Gasteiger partial charge on any atom is -0.496 e. The Labute approximate surface area is 132 Å². The Morgan fingerprint density at radius 2 is 2.05 bits per heavy atom. The number of ether oxygens (including phenoxy) is 1. The highest BCUT2D eigenvalue weighted by Gasteiger charge is 2.23. The Bertz CT molecular complexity index is 617. The number of benzene rings is 1. The molecule has 2 N–H and O–H groups in total. The molecule has 2 aromatic rings. The average Bonchev–Trinajstić information content (AvgIpc) is 2.82. The van der Waals surface area contributed by atoms with Crippen LogP contribution < -0.4 is 10.5 Å². The first-order chi connectivity index (χ1) is 9.36. The summed E-state index contributed by atoms with van der Waals surface area (Å²) in [6.07, 6.45) is 0. The number of hydrogen-bond donors (Lipinski definition) is 1. The van der Waals surface area contributed by atoms with E-state index in [0.717, 1.165) is 31.4 Å². The molecule has 0 bridgehead atoms. The number of halogens is 1. The summed E-state index contributed by atoms with van der Waals surface area (Å²) in [5.74, 6) is 0.820. The molecule has 2 rings (SSSR count). The minimum atomic E-state index is 0.00710. The number of aromatic nitrogens is 1. The van der Waals surface area contributed by atoms with Gasteiger partial charge in [0.05, 0.1) is 17.3 Å². The van der Waals surface area contributed by atoms with Crippen molar-refractivity contribution in [1.29, 1.82) is 0 Å². The van der Waals surface area contributed by atoms with Gasteiger partial charge in [-0.3, -0.25) is 0 Å². The molecular formula is C15H19BrN2OS. The predicted molar refractivity (Wildman–Crippen MR) is 88.4 cm³/mol. The summed E-state index contributed by atoms with van der Waals surface area (Å²) in [5.41, 5.74) is 8.03. The first-order valence-corrected chi connectivity index (χ1v) is 8.02. The Kier molecular flexibility index (Phi) is 4.52. The summed E-state index contributed by atoms with van der Waals surface area (Å²) in [6, 6.07) is 6.00. The molecule has 0 fully saturated rings.